The summed E-state index contributed by atoms with van der Waals surface area (Å²) in [5.74, 6) is 1.01. The monoisotopic (exact) mass is 396 g/mol. The minimum Gasteiger partial charge on any atom is -0.493 e. The van der Waals surface area contributed by atoms with Crippen molar-refractivity contribution in [2.24, 2.45) is 17.8 Å². The number of ether oxygens (including phenoxy) is 1. The number of hydrogen-bond acceptors (Lipinski definition) is 5. The maximum absolute atomic E-state index is 14.0. The molecule has 0 bridgehead atoms. The van der Waals surface area contributed by atoms with Gasteiger partial charge in [-0.05, 0) is 43.9 Å². The zero-order valence-corrected chi connectivity index (χ0v) is 16.5. The van der Waals surface area contributed by atoms with E-state index in [4.69, 9.17) is 4.74 Å². The molecule has 1 aromatic carbocycles. The van der Waals surface area contributed by atoms with E-state index >= 15 is 0 Å². The summed E-state index contributed by atoms with van der Waals surface area (Å²) in [7, 11) is 0. The van der Waals surface area contributed by atoms with Gasteiger partial charge in [0.25, 0.3) is 0 Å². The van der Waals surface area contributed by atoms with Gasteiger partial charge in [0.05, 0.1) is 36.7 Å². The minimum absolute atomic E-state index is 0.00382. The molecule has 7 heteroatoms. The van der Waals surface area contributed by atoms with E-state index in [1.807, 2.05) is 6.92 Å². The van der Waals surface area contributed by atoms with Crippen molar-refractivity contribution in [3.63, 3.8) is 0 Å². The molecule has 1 aliphatic carbocycles. The molecule has 1 saturated carbocycles. The molecule has 3 heterocycles. The van der Waals surface area contributed by atoms with Crippen LogP contribution < -0.4 is 10.1 Å². The maximum atomic E-state index is 14.0. The summed E-state index contributed by atoms with van der Waals surface area (Å²) < 4.78 is 19.9. The third-order valence-corrected chi connectivity index (χ3v) is 6.27. The summed E-state index contributed by atoms with van der Waals surface area (Å²) >= 11 is 0. The molecule has 2 aliphatic heterocycles. The second kappa shape index (κ2) is 7.37. The molecule has 1 aromatic heterocycles. The number of carbonyl (C=O) groups excluding carboxylic acids is 1. The first-order chi connectivity index (χ1) is 14.1. The number of halogens is 1. The van der Waals surface area contributed by atoms with E-state index in [1.54, 1.807) is 24.5 Å². The van der Waals surface area contributed by atoms with Gasteiger partial charge < -0.3 is 10.1 Å². The van der Waals surface area contributed by atoms with Crippen LogP contribution in [0.5, 0.6) is 5.75 Å². The average Bonchev–Trinajstić information content (AvgIpc) is 3.46. The standard InChI is InChI=1S/C22H25FN4O2/c1-13-7-25-16(8-24-13)9-26-22(28)18-11-27(10-14-2-3-14)21-17-6-15(23)4-5-20(17)29-12-19(18)21/h4-8,14,18-19,21H,2-3,9-12H2,1H3,(H,26,28)/t18-,19+,21+/m1/s1. The second-order valence-corrected chi connectivity index (χ2v) is 8.47. The molecule has 1 N–H and O–H groups in total. The Hall–Kier alpha value is -2.54. The van der Waals surface area contributed by atoms with Gasteiger partial charge >= 0.3 is 0 Å². The summed E-state index contributed by atoms with van der Waals surface area (Å²) in [6, 6.07) is 4.75. The Kier molecular flexibility index (Phi) is 4.70. The van der Waals surface area contributed by atoms with Gasteiger partial charge in [-0.3, -0.25) is 19.7 Å². The van der Waals surface area contributed by atoms with Gasteiger partial charge in [-0.25, -0.2) is 4.39 Å². The Labute approximate surface area is 169 Å². The molecular weight excluding hydrogens is 371 g/mol. The van der Waals surface area contributed by atoms with Gasteiger partial charge in [0.2, 0.25) is 5.91 Å². The van der Waals surface area contributed by atoms with Crippen LogP contribution in [-0.2, 0) is 11.3 Å². The molecule has 3 aliphatic rings. The fraction of sp³-hybridized carbons (Fsp3) is 0.500. The quantitative estimate of drug-likeness (QED) is 0.842. The summed E-state index contributed by atoms with van der Waals surface area (Å²) in [6.07, 6.45) is 5.87. The van der Waals surface area contributed by atoms with Crippen LogP contribution in [0.3, 0.4) is 0 Å². The van der Waals surface area contributed by atoms with Gasteiger partial charge in [-0.15, -0.1) is 0 Å². The van der Waals surface area contributed by atoms with Crippen LogP contribution in [0.25, 0.3) is 0 Å². The Morgan fingerprint density at radius 3 is 2.93 bits per heavy atom. The van der Waals surface area contributed by atoms with Crippen molar-refractivity contribution < 1.29 is 13.9 Å². The van der Waals surface area contributed by atoms with Crippen molar-refractivity contribution in [3.8, 4) is 5.75 Å². The smallest absolute Gasteiger partial charge is 0.225 e. The number of rotatable bonds is 5. The van der Waals surface area contributed by atoms with Crippen LogP contribution in [0.2, 0.25) is 0 Å². The number of nitrogens with one attached hydrogen (secondary N) is 1. The first-order valence-electron chi connectivity index (χ1n) is 10.3. The van der Waals surface area contributed by atoms with Crippen LogP contribution >= 0.6 is 0 Å². The molecule has 5 rings (SSSR count). The van der Waals surface area contributed by atoms with Crippen molar-refractivity contribution >= 4 is 5.91 Å². The zero-order chi connectivity index (χ0) is 20.0. The van der Waals surface area contributed by atoms with Crippen LogP contribution in [-0.4, -0.2) is 40.5 Å². The van der Waals surface area contributed by atoms with E-state index < -0.39 is 0 Å². The average molecular weight is 396 g/mol. The number of nitrogens with zero attached hydrogens (tertiary/aromatic N) is 3. The van der Waals surface area contributed by atoms with E-state index in [-0.39, 0.29) is 29.6 Å². The van der Waals surface area contributed by atoms with Crippen LogP contribution in [0.1, 0.15) is 35.8 Å². The lowest BCUT2D eigenvalue weighted by Gasteiger charge is -2.34. The van der Waals surface area contributed by atoms with Gasteiger partial charge in [-0.1, -0.05) is 0 Å². The number of fused-ring (bicyclic) bond motifs is 3. The van der Waals surface area contributed by atoms with Gasteiger partial charge in [0.1, 0.15) is 11.6 Å². The largest absolute Gasteiger partial charge is 0.493 e. The van der Waals surface area contributed by atoms with Crippen molar-refractivity contribution in [2.75, 3.05) is 19.7 Å². The number of carbonyl (C=O) groups is 1. The SMILES string of the molecule is Cc1cnc(CNC(=O)[C@@H]2CN(CC3CC3)[C@H]3c4cc(F)ccc4OC[C@@H]23)cn1. The summed E-state index contributed by atoms with van der Waals surface area (Å²) in [5.41, 5.74) is 2.46. The number of likely N-dealkylation sites (tertiary alicyclic amines) is 1. The Morgan fingerprint density at radius 1 is 1.31 bits per heavy atom. The molecule has 6 nitrogen and oxygen atoms in total. The third kappa shape index (κ3) is 3.71. The molecular formula is C22H25FN4O2. The molecule has 0 unspecified atom stereocenters. The maximum Gasteiger partial charge on any atom is 0.225 e. The van der Waals surface area contributed by atoms with E-state index in [0.717, 1.165) is 29.2 Å². The summed E-state index contributed by atoms with van der Waals surface area (Å²) in [6.45, 7) is 4.36. The molecule has 2 fully saturated rings. The van der Waals surface area contributed by atoms with Crippen LogP contribution in [0.4, 0.5) is 4.39 Å². The molecule has 152 valence electrons. The number of hydrogen-bond donors (Lipinski definition) is 1. The van der Waals surface area contributed by atoms with Crippen LogP contribution in [0.15, 0.2) is 30.6 Å². The van der Waals surface area contributed by atoms with E-state index in [2.05, 4.69) is 20.2 Å². The van der Waals surface area contributed by atoms with Crippen LogP contribution in [0, 0.1) is 30.5 Å². The van der Waals surface area contributed by atoms with Crippen molar-refractivity contribution in [1.82, 2.24) is 20.2 Å². The highest BCUT2D eigenvalue weighted by atomic mass is 19.1. The Balaban J connectivity index is 1.35. The fourth-order valence-electron chi connectivity index (χ4n) is 4.61. The van der Waals surface area contributed by atoms with E-state index in [0.29, 0.717) is 25.6 Å². The van der Waals surface area contributed by atoms with E-state index in [1.165, 1.54) is 18.9 Å². The molecule has 29 heavy (non-hydrogen) atoms. The van der Waals surface area contributed by atoms with E-state index in [9.17, 15) is 9.18 Å². The predicted molar refractivity (Wildman–Crippen MR) is 105 cm³/mol. The zero-order valence-electron chi connectivity index (χ0n) is 16.5. The second-order valence-electron chi connectivity index (χ2n) is 8.47. The summed E-state index contributed by atoms with van der Waals surface area (Å²) in [4.78, 5) is 24.0. The first kappa shape index (κ1) is 18.5. The fourth-order valence-corrected chi connectivity index (χ4v) is 4.61. The summed E-state index contributed by atoms with van der Waals surface area (Å²) in [5, 5.41) is 3.02. The number of benzene rings is 1. The molecule has 0 spiro atoms. The van der Waals surface area contributed by atoms with Gasteiger partial charge in [-0.2, -0.15) is 0 Å². The third-order valence-electron chi connectivity index (χ3n) is 6.27. The molecule has 1 saturated heterocycles. The highest BCUT2D eigenvalue weighted by Gasteiger charge is 2.49. The number of aryl methyl sites for hydroxylation is 1. The molecule has 2 aromatic rings. The topological polar surface area (TPSA) is 67.4 Å². The number of aromatic nitrogens is 2. The van der Waals surface area contributed by atoms with Crippen molar-refractivity contribution in [2.45, 2.75) is 32.4 Å². The highest BCUT2D eigenvalue weighted by Crippen LogP contribution is 2.49. The number of amides is 1. The van der Waals surface area contributed by atoms with Gasteiger partial charge in [0, 0.05) is 36.8 Å². The Morgan fingerprint density at radius 2 is 2.17 bits per heavy atom. The lowest BCUT2D eigenvalue weighted by Crippen LogP contribution is -2.38. The van der Waals surface area contributed by atoms with Gasteiger partial charge in [0.15, 0.2) is 0 Å². The molecule has 0 radical (unpaired) electrons. The van der Waals surface area contributed by atoms with Crippen molar-refractivity contribution in [3.05, 3.63) is 53.4 Å². The Bertz CT molecular complexity index is 916. The first-order valence-corrected chi connectivity index (χ1v) is 10.3. The highest BCUT2D eigenvalue weighted by molar-refractivity contribution is 5.80. The normalized spacial score (nSPS) is 25.8. The lowest BCUT2D eigenvalue weighted by atomic mass is 9.85. The van der Waals surface area contributed by atoms with Crippen molar-refractivity contribution in [1.29, 1.82) is 0 Å². The molecule has 1 amide bonds. The minimum atomic E-state index is -0.259. The lowest BCUT2D eigenvalue weighted by molar-refractivity contribution is -0.126. The molecule has 3 atom stereocenters. The predicted octanol–water partition coefficient (Wildman–Crippen LogP) is 2.63.